The molecule has 1 aromatic carbocycles. The summed E-state index contributed by atoms with van der Waals surface area (Å²) in [6.07, 6.45) is 1.60. The molecule has 2 heterocycles. The maximum absolute atomic E-state index is 12.5. The molecule has 3 rings (SSSR count). The number of fused-ring (bicyclic) bond motifs is 1. The van der Waals surface area contributed by atoms with Crippen LogP contribution >= 0.6 is 0 Å². The smallest absolute Gasteiger partial charge is 0.408 e. The van der Waals surface area contributed by atoms with Crippen LogP contribution < -0.4 is 10.5 Å². The predicted molar refractivity (Wildman–Crippen MR) is 84.4 cm³/mol. The molecular formula is C15H15N3O4S. The lowest BCUT2D eigenvalue weighted by Gasteiger charge is -2.13. The number of pyridine rings is 1. The highest BCUT2D eigenvalue weighted by molar-refractivity contribution is 7.89. The zero-order valence-corrected chi connectivity index (χ0v) is 13.4. The van der Waals surface area contributed by atoms with Gasteiger partial charge in [0.05, 0.1) is 22.1 Å². The molecule has 0 radical (unpaired) electrons. The first-order valence-electron chi connectivity index (χ1n) is 6.91. The second-order valence-corrected chi connectivity index (χ2v) is 6.87. The highest BCUT2D eigenvalue weighted by Gasteiger charge is 2.20. The quantitative estimate of drug-likeness (QED) is 0.782. The molecule has 7 nitrogen and oxygen atoms in total. The maximum atomic E-state index is 12.5. The topological polar surface area (TPSA) is 94.2 Å². The predicted octanol–water partition coefficient (Wildman–Crippen LogP) is 1.57. The summed E-state index contributed by atoms with van der Waals surface area (Å²) in [6, 6.07) is 9.12. The second kappa shape index (κ2) is 5.64. The van der Waals surface area contributed by atoms with Crippen LogP contribution in [0.15, 0.2) is 56.7 Å². The fourth-order valence-electron chi connectivity index (χ4n) is 2.27. The Morgan fingerprint density at radius 2 is 2.04 bits per heavy atom. The van der Waals surface area contributed by atoms with Crippen molar-refractivity contribution in [2.75, 3.05) is 0 Å². The summed E-state index contributed by atoms with van der Waals surface area (Å²) in [5, 5.41) is 0. The Kier molecular flexibility index (Phi) is 3.78. The third-order valence-corrected chi connectivity index (χ3v) is 5.08. The Morgan fingerprint density at radius 1 is 1.26 bits per heavy atom. The molecule has 23 heavy (non-hydrogen) atoms. The van der Waals surface area contributed by atoms with Crippen LogP contribution in [0.1, 0.15) is 18.7 Å². The molecule has 0 fully saturated rings. The molecular weight excluding hydrogens is 318 g/mol. The fraction of sp³-hybridized carbons (Fsp3) is 0.200. The number of aromatic nitrogens is 2. The first kappa shape index (κ1) is 15.4. The van der Waals surface area contributed by atoms with Crippen molar-refractivity contribution in [3.63, 3.8) is 0 Å². The minimum absolute atomic E-state index is 0.0298. The molecule has 3 aromatic rings. The molecule has 0 saturated heterocycles. The molecule has 0 unspecified atom stereocenters. The van der Waals surface area contributed by atoms with Crippen LogP contribution in [0.4, 0.5) is 0 Å². The molecule has 120 valence electrons. The van der Waals surface area contributed by atoms with E-state index in [1.807, 2.05) is 0 Å². The van der Waals surface area contributed by atoms with Crippen molar-refractivity contribution in [1.29, 1.82) is 0 Å². The third-order valence-electron chi connectivity index (χ3n) is 3.54. The summed E-state index contributed by atoms with van der Waals surface area (Å²) < 4.78 is 33.9. The SMILES string of the molecule is C[C@H](NS(=O)(=O)c1ccc2c(c1)oc(=O)n2C)c1ccccn1. The van der Waals surface area contributed by atoms with E-state index in [0.717, 1.165) is 0 Å². The standard InChI is InChI=1S/C15H15N3O4S/c1-10(12-5-3-4-8-16-12)17-23(20,21)11-6-7-13-14(9-11)22-15(19)18(13)2/h3-10,17H,1-2H3/t10-/m0/s1. The second-order valence-electron chi connectivity index (χ2n) is 5.15. The Hall–Kier alpha value is -2.45. The van der Waals surface area contributed by atoms with Gasteiger partial charge in [-0.3, -0.25) is 9.55 Å². The van der Waals surface area contributed by atoms with Crippen LogP contribution in [0, 0.1) is 0 Å². The van der Waals surface area contributed by atoms with Gasteiger partial charge in [-0.05, 0) is 31.2 Å². The molecule has 0 saturated carbocycles. The van der Waals surface area contributed by atoms with Gasteiger partial charge < -0.3 is 4.42 Å². The molecule has 1 N–H and O–H groups in total. The maximum Gasteiger partial charge on any atom is 0.419 e. The van der Waals surface area contributed by atoms with Crippen LogP contribution in [0.3, 0.4) is 0 Å². The van der Waals surface area contributed by atoms with E-state index in [4.69, 9.17) is 4.42 Å². The number of nitrogens with zero attached hydrogens (tertiary/aromatic N) is 2. The first-order chi connectivity index (χ1) is 10.9. The summed E-state index contributed by atoms with van der Waals surface area (Å²) >= 11 is 0. The molecule has 0 aliphatic rings. The van der Waals surface area contributed by atoms with Crippen molar-refractivity contribution in [1.82, 2.24) is 14.3 Å². The van der Waals surface area contributed by atoms with Crippen LogP contribution in [-0.2, 0) is 17.1 Å². The van der Waals surface area contributed by atoms with Crippen LogP contribution in [0.2, 0.25) is 0 Å². The minimum Gasteiger partial charge on any atom is -0.408 e. The molecule has 0 aliphatic carbocycles. The van der Waals surface area contributed by atoms with Crippen molar-refractivity contribution >= 4 is 21.1 Å². The van der Waals surface area contributed by atoms with Gasteiger partial charge >= 0.3 is 5.76 Å². The molecule has 8 heteroatoms. The lowest BCUT2D eigenvalue weighted by Crippen LogP contribution is -2.27. The number of hydrogen-bond acceptors (Lipinski definition) is 5. The zero-order chi connectivity index (χ0) is 16.6. The van der Waals surface area contributed by atoms with Gasteiger partial charge in [0.25, 0.3) is 0 Å². The highest BCUT2D eigenvalue weighted by atomic mass is 32.2. The number of benzene rings is 1. The normalized spacial score (nSPS) is 13.3. The molecule has 0 aliphatic heterocycles. The van der Waals surface area contributed by atoms with Gasteiger partial charge in [-0.2, -0.15) is 0 Å². The van der Waals surface area contributed by atoms with E-state index >= 15 is 0 Å². The molecule has 0 spiro atoms. The van der Waals surface area contributed by atoms with Gasteiger partial charge in [0.2, 0.25) is 10.0 Å². The first-order valence-corrected chi connectivity index (χ1v) is 8.39. The lowest BCUT2D eigenvalue weighted by atomic mass is 10.2. The van der Waals surface area contributed by atoms with Crippen molar-refractivity contribution in [2.45, 2.75) is 17.9 Å². The molecule has 1 atom stereocenters. The summed E-state index contributed by atoms with van der Waals surface area (Å²) in [7, 11) is -2.20. The van der Waals surface area contributed by atoms with E-state index in [1.54, 1.807) is 44.4 Å². The summed E-state index contributed by atoms with van der Waals surface area (Å²) in [6.45, 7) is 1.71. The Bertz CT molecular complexity index is 1010. The van der Waals surface area contributed by atoms with E-state index in [2.05, 4.69) is 9.71 Å². The molecule has 0 amide bonds. The molecule has 0 bridgehead atoms. The van der Waals surface area contributed by atoms with Crippen LogP contribution in [-0.4, -0.2) is 18.0 Å². The van der Waals surface area contributed by atoms with E-state index in [9.17, 15) is 13.2 Å². The van der Waals surface area contributed by atoms with E-state index in [0.29, 0.717) is 11.2 Å². The van der Waals surface area contributed by atoms with Gasteiger partial charge in [0.15, 0.2) is 5.58 Å². The largest absolute Gasteiger partial charge is 0.419 e. The van der Waals surface area contributed by atoms with Crippen LogP contribution in [0.5, 0.6) is 0 Å². The number of oxazole rings is 1. The van der Waals surface area contributed by atoms with Crippen molar-refractivity contribution in [3.05, 3.63) is 58.8 Å². The highest BCUT2D eigenvalue weighted by Crippen LogP contribution is 2.20. The molecule has 2 aromatic heterocycles. The van der Waals surface area contributed by atoms with Gasteiger partial charge in [0, 0.05) is 19.3 Å². The average molecular weight is 333 g/mol. The fourth-order valence-corrected chi connectivity index (χ4v) is 3.51. The van der Waals surface area contributed by atoms with Crippen molar-refractivity contribution in [3.8, 4) is 0 Å². The van der Waals surface area contributed by atoms with Gasteiger partial charge in [-0.15, -0.1) is 0 Å². The van der Waals surface area contributed by atoms with Gasteiger partial charge in [-0.1, -0.05) is 6.07 Å². The Morgan fingerprint density at radius 3 is 2.74 bits per heavy atom. The number of rotatable bonds is 4. The Labute approximate surface area is 132 Å². The lowest BCUT2D eigenvalue weighted by molar-refractivity contribution is 0.527. The van der Waals surface area contributed by atoms with Crippen molar-refractivity contribution in [2.24, 2.45) is 7.05 Å². The summed E-state index contributed by atoms with van der Waals surface area (Å²) in [4.78, 5) is 15.6. The van der Waals surface area contributed by atoms with Gasteiger partial charge in [0.1, 0.15) is 0 Å². The number of nitrogens with one attached hydrogen (secondary N) is 1. The number of sulfonamides is 1. The zero-order valence-electron chi connectivity index (χ0n) is 12.6. The van der Waals surface area contributed by atoms with Crippen molar-refractivity contribution < 1.29 is 12.8 Å². The van der Waals surface area contributed by atoms with Gasteiger partial charge in [-0.25, -0.2) is 17.9 Å². The minimum atomic E-state index is -3.76. The summed E-state index contributed by atoms with van der Waals surface area (Å²) in [5.74, 6) is -0.538. The summed E-state index contributed by atoms with van der Waals surface area (Å²) in [5.41, 5.74) is 1.38. The van der Waals surface area contributed by atoms with E-state index < -0.39 is 21.8 Å². The third kappa shape index (κ3) is 2.90. The monoisotopic (exact) mass is 333 g/mol. The van der Waals surface area contributed by atoms with E-state index in [-0.39, 0.29) is 10.5 Å². The van der Waals surface area contributed by atoms with Crippen LogP contribution in [0.25, 0.3) is 11.1 Å². The Balaban J connectivity index is 1.95. The average Bonchev–Trinajstić information content (AvgIpc) is 2.82. The van der Waals surface area contributed by atoms with E-state index in [1.165, 1.54) is 16.7 Å². The number of aryl methyl sites for hydroxylation is 1. The number of hydrogen-bond donors (Lipinski definition) is 1.